The number of ether oxygens (including phenoxy) is 2. The molecule has 1 aliphatic heterocycles. The number of nitrogens with zero attached hydrogens (tertiary/aromatic N) is 2. The normalized spacial score (nSPS) is 14.1. The number of urea groups is 1. The van der Waals surface area contributed by atoms with Crippen molar-refractivity contribution in [3.05, 3.63) is 41.7 Å². The molecule has 24 heavy (non-hydrogen) atoms. The van der Waals surface area contributed by atoms with Crippen LogP contribution in [-0.4, -0.2) is 35.6 Å². The number of benzene rings is 1. The second-order valence-corrected chi connectivity index (χ2v) is 5.80. The number of hydrogen-bond donors (Lipinski definition) is 2. The molecule has 1 atom stereocenters. The molecule has 0 radical (unpaired) electrons. The van der Waals surface area contributed by atoms with Crippen molar-refractivity contribution in [3.8, 4) is 11.5 Å². The Morgan fingerprint density at radius 3 is 2.88 bits per heavy atom. The Balaban J connectivity index is 1.48. The molecule has 128 valence electrons. The summed E-state index contributed by atoms with van der Waals surface area (Å²) < 4.78 is 12.8. The van der Waals surface area contributed by atoms with Crippen LogP contribution in [0.2, 0.25) is 0 Å². The van der Waals surface area contributed by atoms with Crippen LogP contribution in [0.4, 0.5) is 4.79 Å². The monoisotopic (exact) mass is 330 g/mol. The van der Waals surface area contributed by atoms with Gasteiger partial charge in [-0.3, -0.25) is 4.68 Å². The quantitative estimate of drug-likeness (QED) is 0.876. The van der Waals surface area contributed by atoms with Crippen LogP contribution in [0.15, 0.2) is 30.6 Å². The first-order valence-corrected chi connectivity index (χ1v) is 8.03. The summed E-state index contributed by atoms with van der Waals surface area (Å²) in [6.45, 7) is 3.62. The zero-order chi connectivity index (χ0) is 16.9. The maximum absolute atomic E-state index is 12.0. The Labute approximate surface area is 140 Å². The molecule has 7 heteroatoms. The molecule has 0 saturated carbocycles. The minimum absolute atomic E-state index is 0.126. The summed E-state index contributed by atoms with van der Waals surface area (Å²) in [5.74, 6) is 1.47. The molecule has 0 aliphatic carbocycles. The van der Waals surface area contributed by atoms with Gasteiger partial charge in [0.1, 0.15) is 13.2 Å². The number of carbonyl (C=O) groups is 1. The number of amides is 2. The lowest BCUT2D eigenvalue weighted by atomic mass is 10.1. The molecule has 0 fully saturated rings. The minimum atomic E-state index is -0.193. The Hall–Kier alpha value is -2.70. The van der Waals surface area contributed by atoms with E-state index in [-0.39, 0.29) is 12.1 Å². The predicted molar refractivity (Wildman–Crippen MR) is 89.3 cm³/mol. The standard InChI is InChI=1S/C17H22N4O3/c1-12(14-3-4-15-16(9-14)24-8-7-23-15)20-17(22)18-6-5-13-10-19-21(2)11-13/h3-4,9-12H,5-8H2,1-2H3,(H2,18,20,22)/t12-/m1/s1. The number of carbonyl (C=O) groups excluding carboxylic acids is 1. The van der Waals surface area contributed by atoms with Gasteiger partial charge < -0.3 is 20.1 Å². The molecule has 0 unspecified atom stereocenters. The summed E-state index contributed by atoms with van der Waals surface area (Å²) in [6, 6.07) is 5.41. The van der Waals surface area contributed by atoms with E-state index in [2.05, 4.69) is 15.7 Å². The molecule has 3 rings (SSSR count). The van der Waals surface area contributed by atoms with E-state index in [4.69, 9.17) is 9.47 Å². The summed E-state index contributed by atoms with van der Waals surface area (Å²) in [5, 5.41) is 9.89. The summed E-state index contributed by atoms with van der Waals surface area (Å²) in [7, 11) is 1.87. The number of aromatic nitrogens is 2. The summed E-state index contributed by atoms with van der Waals surface area (Å²) in [6.07, 6.45) is 4.49. The van der Waals surface area contributed by atoms with Gasteiger partial charge in [-0.05, 0) is 36.6 Å². The first-order chi connectivity index (χ1) is 11.6. The van der Waals surface area contributed by atoms with Crippen LogP contribution in [0.25, 0.3) is 0 Å². The Kier molecular flexibility index (Phi) is 4.88. The van der Waals surface area contributed by atoms with Crippen molar-refractivity contribution in [2.24, 2.45) is 7.05 Å². The number of fused-ring (bicyclic) bond motifs is 1. The zero-order valence-corrected chi connectivity index (χ0v) is 13.9. The third kappa shape index (κ3) is 3.98. The summed E-state index contributed by atoms with van der Waals surface area (Å²) >= 11 is 0. The molecule has 2 aromatic rings. The van der Waals surface area contributed by atoms with E-state index >= 15 is 0 Å². The van der Waals surface area contributed by atoms with Crippen LogP contribution >= 0.6 is 0 Å². The molecule has 1 aliphatic rings. The number of aryl methyl sites for hydroxylation is 1. The first-order valence-electron chi connectivity index (χ1n) is 8.03. The van der Waals surface area contributed by atoms with Crippen molar-refractivity contribution in [2.45, 2.75) is 19.4 Å². The van der Waals surface area contributed by atoms with Crippen LogP contribution in [0, 0.1) is 0 Å². The molecular weight excluding hydrogens is 308 g/mol. The van der Waals surface area contributed by atoms with Crippen molar-refractivity contribution in [2.75, 3.05) is 19.8 Å². The molecular formula is C17H22N4O3. The SMILES string of the molecule is C[C@@H](NC(=O)NCCc1cnn(C)c1)c1ccc2c(c1)OCCO2. The number of hydrogen-bond acceptors (Lipinski definition) is 4. The van der Waals surface area contributed by atoms with E-state index in [0.717, 1.165) is 29.0 Å². The van der Waals surface area contributed by atoms with E-state index in [9.17, 15) is 4.79 Å². The van der Waals surface area contributed by atoms with Gasteiger partial charge in [0.2, 0.25) is 0 Å². The first kappa shape index (κ1) is 16.2. The maximum atomic E-state index is 12.0. The van der Waals surface area contributed by atoms with Crippen molar-refractivity contribution in [1.29, 1.82) is 0 Å². The summed E-state index contributed by atoms with van der Waals surface area (Å²) in [5.41, 5.74) is 2.07. The van der Waals surface area contributed by atoms with Gasteiger partial charge in [-0.25, -0.2) is 4.79 Å². The minimum Gasteiger partial charge on any atom is -0.486 e. The van der Waals surface area contributed by atoms with Gasteiger partial charge in [0.05, 0.1) is 12.2 Å². The smallest absolute Gasteiger partial charge is 0.315 e. The molecule has 2 N–H and O–H groups in total. The van der Waals surface area contributed by atoms with Crippen LogP contribution in [-0.2, 0) is 13.5 Å². The average Bonchev–Trinajstić information content (AvgIpc) is 2.99. The zero-order valence-electron chi connectivity index (χ0n) is 13.9. The average molecular weight is 330 g/mol. The third-order valence-corrected chi connectivity index (χ3v) is 3.87. The Bertz CT molecular complexity index is 714. The highest BCUT2D eigenvalue weighted by Gasteiger charge is 2.15. The number of nitrogens with one attached hydrogen (secondary N) is 2. The van der Waals surface area contributed by atoms with Gasteiger partial charge in [-0.2, -0.15) is 5.10 Å². The van der Waals surface area contributed by atoms with Gasteiger partial charge in [-0.1, -0.05) is 6.07 Å². The van der Waals surface area contributed by atoms with E-state index in [1.54, 1.807) is 10.9 Å². The van der Waals surface area contributed by atoms with Crippen molar-refractivity contribution in [1.82, 2.24) is 20.4 Å². The van der Waals surface area contributed by atoms with Crippen LogP contribution in [0.3, 0.4) is 0 Å². The van der Waals surface area contributed by atoms with E-state index in [0.29, 0.717) is 19.8 Å². The summed E-state index contributed by atoms with van der Waals surface area (Å²) in [4.78, 5) is 12.0. The van der Waals surface area contributed by atoms with E-state index in [1.807, 2.05) is 38.4 Å². The van der Waals surface area contributed by atoms with Gasteiger partial charge in [-0.15, -0.1) is 0 Å². The largest absolute Gasteiger partial charge is 0.486 e. The fourth-order valence-electron chi connectivity index (χ4n) is 2.58. The lowest BCUT2D eigenvalue weighted by Gasteiger charge is -2.21. The lowest BCUT2D eigenvalue weighted by Crippen LogP contribution is -2.38. The van der Waals surface area contributed by atoms with Gasteiger partial charge in [0.25, 0.3) is 0 Å². The van der Waals surface area contributed by atoms with E-state index < -0.39 is 0 Å². The molecule has 0 bridgehead atoms. The van der Waals surface area contributed by atoms with Crippen LogP contribution < -0.4 is 20.1 Å². The van der Waals surface area contributed by atoms with Gasteiger partial charge >= 0.3 is 6.03 Å². The molecule has 2 heterocycles. The van der Waals surface area contributed by atoms with Crippen molar-refractivity contribution >= 4 is 6.03 Å². The molecule has 0 saturated heterocycles. The highest BCUT2D eigenvalue weighted by molar-refractivity contribution is 5.74. The molecule has 1 aromatic heterocycles. The predicted octanol–water partition coefficient (Wildman–Crippen LogP) is 1.79. The van der Waals surface area contributed by atoms with Gasteiger partial charge in [0.15, 0.2) is 11.5 Å². The topological polar surface area (TPSA) is 77.4 Å². The second-order valence-electron chi connectivity index (χ2n) is 5.80. The molecule has 2 amide bonds. The fraction of sp³-hybridized carbons (Fsp3) is 0.412. The van der Waals surface area contributed by atoms with Gasteiger partial charge in [0, 0.05) is 19.8 Å². The molecule has 1 aromatic carbocycles. The number of rotatable bonds is 5. The van der Waals surface area contributed by atoms with Crippen LogP contribution in [0.5, 0.6) is 11.5 Å². The van der Waals surface area contributed by atoms with Crippen molar-refractivity contribution < 1.29 is 14.3 Å². The van der Waals surface area contributed by atoms with Crippen molar-refractivity contribution in [3.63, 3.8) is 0 Å². The lowest BCUT2D eigenvalue weighted by molar-refractivity contribution is 0.171. The highest BCUT2D eigenvalue weighted by Crippen LogP contribution is 2.32. The second kappa shape index (κ2) is 7.25. The molecule has 7 nitrogen and oxygen atoms in total. The maximum Gasteiger partial charge on any atom is 0.315 e. The third-order valence-electron chi connectivity index (χ3n) is 3.87. The van der Waals surface area contributed by atoms with Crippen LogP contribution in [0.1, 0.15) is 24.1 Å². The highest BCUT2D eigenvalue weighted by atomic mass is 16.6. The fourth-order valence-corrected chi connectivity index (χ4v) is 2.58. The molecule has 0 spiro atoms. The Morgan fingerprint density at radius 2 is 2.12 bits per heavy atom. The van der Waals surface area contributed by atoms with E-state index in [1.165, 1.54) is 0 Å². The Morgan fingerprint density at radius 1 is 1.33 bits per heavy atom.